The van der Waals surface area contributed by atoms with Crippen LogP contribution in [-0.4, -0.2) is 24.0 Å². The van der Waals surface area contributed by atoms with E-state index in [4.69, 9.17) is 0 Å². The number of hydrogen-bond acceptors (Lipinski definition) is 5. The third kappa shape index (κ3) is 2.04. The van der Waals surface area contributed by atoms with Crippen molar-refractivity contribution in [2.45, 2.75) is 10.9 Å². The maximum absolute atomic E-state index is 4.43. The summed E-state index contributed by atoms with van der Waals surface area (Å²) in [5.41, 5.74) is 3.29. The Labute approximate surface area is 139 Å². The second kappa shape index (κ2) is 5.07. The highest BCUT2D eigenvalue weighted by molar-refractivity contribution is 7.98. The second-order valence-corrected chi connectivity index (χ2v) is 7.09. The highest BCUT2D eigenvalue weighted by Gasteiger charge is 2.13. The third-order valence-corrected chi connectivity index (χ3v) is 5.73. The van der Waals surface area contributed by atoms with Crippen LogP contribution < -0.4 is 0 Å². The van der Waals surface area contributed by atoms with Crippen LogP contribution in [0.1, 0.15) is 5.69 Å². The number of nitrogens with zero attached hydrogens (tertiary/aromatic N) is 5. The molecule has 23 heavy (non-hydrogen) atoms. The zero-order valence-electron chi connectivity index (χ0n) is 12.0. The number of hydrogen-bond donors (Lipinski definition) is 0. The highest BCUT2D eigenvalue weighted by Crippen LogP contribution is 2.30. The van der Waals surface area contributed by atoms with Crippen molar-refractivity contribution in [1.29, 1.82) is 0 Å². The van der Waals surface area contributed by atoms with Gasteiger partial charge in [0, 0.05) is 11.9 Å². The van der Waals surface area contributed by atoms with Crippen molar-refractivity contribution in [3.8, 4) is 0 Å². The van der Waals surface area contributed by atoms with Gasteiger partial charge < -0.3 is 4.40 Å². The molecule has 1 aromatic carbocycles. The Morgan fingerprint density at radius 1 is 1.04 bits per heavy atom. The Morgan fingerprint density at radius 2 is 1.96 bits per heavy atom. The van der Waals surface area contributed by atoms with E-state index in [9.17, 15) is 0 Å². The molecular formula is C16H11N5S2. The lowest BCUT2D eigenvalue weighted by Crippen LogP contribution is -1.91. The average molecular weight is 337 g/mol. The molecule has 4 aromatic heterocycles. The lowest BCUT2D eigenvalue weighted by molar-refractivity contribution is 0.938. The molecule has 0 unspecified atom stereocenters. The van der Waals surface area contributed by atoms with Crippen molar-refractivity contribution in [1.82, 2.24) is 24.0 Å². The summed E-state index contributed by atoms with van der Waals surface area (Å²) in [5.74, 6) is 0.802. The maximum Gasteiger partial charge on any atom is 0.217 e. The van der Waals surface area contributed by atoms with Gasteiger partial charge in [0.1, 0.15) is 5.65 Å². The molecule has 5 rings (SSSR count). The van der Waals surface area contributed by atoms with Crippen LogP contribution in [0, 0.1) is 0 Å². The van der Waals surface area contributed by atoms with E-state index in [-0.39, 0.29) is 0 Å². The maximum atomic E-state index is 4.43. The molecule has 7 heteroatoms. The van der Waals surface area contributed by atoms with Crippen LogP contribution in [-0.2, 0) is 5.75 Å². The molecule has 0 aliphatic heterocycles. The largest absolute Gasteiger partial charge is 0.303 e. The summed E-state index contributed by atoms with van der Waals surface area (Å²) in [7, 11) is 0. The van der Waals surface area contributed by atoms with Crippen molar-refractivity contribution in [3.63, 3.8) is 0 Å². The van der Waals surface area contributed by atoms with Gasteiger partial charge in [-0.1, -0.05) is 41.3 Å². The molecule has 4 heterocycles. The number of imidazole rings is 1. The van der Waals surface area contributed by atoms with Crippen LogP contribution in [0.5, 0.6) is 0 Å². The smallest absolute Gasteiger partial charge is 0.217 e. The first-order chi connectivity index (χ1) is 11.4. The van der Waals surface area contributed by atoms with E-state index in [0.29, 0.717) is 0 Å². The Bertz CT molecular complexity index is 1140. The summed E-state index contributed by atoms with van der Waals surface area (Å²) in [5, 5.41) is 9.57. The number of thiazole rings is 1. The summed E-state index contributed by atoms with van der Waals surface area (Å²) in [4.78, 5) is 5.37. The van der Waals surface area contributed by atoms with Gasteiger partial charge in [0.05, 0.1) is 22.1 Å². The lowest BCUT2D eigenvalue weighted by atomic mass is 10.3. The van der Waals surface area contributed by atoms with Gasteiger partial charge in [0.2, 0.25) is 4.96 Å². The Hall–Kier alpha value is -2.38. The number of thioether (sulfide) groups is 1. The van der Waals surface area contributed by atoms with Gasteiger partial charge >= 0.3 is 0 Å². The standard InChI is InChI=1S/C16H11N5S2/c1-2-6-13-12(5-1)21-15(18-19-16(21)23-13)22-10-11-9-17-14-7-3-4-8-20(11)14/h1-9H,10H2. The molecule has 0 saturated heterocycles. The number of rotatable bonds is 3. The summed E-state index contributed by atoms with van der Waals surface area (Å²) in [6.45, 7) is 0. The van der Waals surface area contributed by atoms with Crippen LogP contribution in [0.25, 0.3) is 20.8 Å². The summed E-state index contributed by atoms with van der Waals surface area (Å²) in [6.07, 6.45) is 3.96. The zero-order valence-corrected chi connectivity index (χ0v) is 13.6. The number of para-hydroxylation sites is 1. The van der Waals surface area contributed by atoms with Gasteiger partial charge in [0.25, 0.3) is 0 Å². The fraction of sp³-hybridized carbons (Fsp3) is 0.0625. The van der Waals surface area contributed by atoms with E-state index in [1.54, 1.807) is 23.1 Å². The minimum atomic E-state index is 0.802. The van der Waals surface area contributed by atoms with Gasteiger partial charge in [-0.3, -0.25) is 4.40 Å². The van der Waals surface area contributed by atoms with Crippen molar-refractivity contribution in [3.05, 3.63) is 60.6 Å². The minimum Gasteiger partial charge on any atom is -0.303 e. The average Bonchev–Trinajstić information content (AvgIpc) is 3.26. The van der Waals surface area contributed by atoms with E-state index in [1.807, 2.05) is 36.7 Å². The quantitative estimate of drug-likeness (QED) is 0.469. The SMILES string of the molecule is c1ccc2c(c1)sc1nnc(SCc3cnc4ccccn34)n12. The third-order valence-electron chi connectivity index (χ3n) is 3.75. The molecule has 0 atom stereocenters. The first kappa shape index (κ1) is 13.1. The molecule has 0 amide bonds. The minimum absolute atomic E-state index is 0.802. The van der Waals surface area contributed by atoms with E-state index in [2.05, 4.69) is 42.2 Å². The number of fused-ring (bicyclic) bond motifs is 4. The molecule has 0 bridgehead atoms. The van der Waals surface area contributed by atoms with Crippen LogP contribution >= 0.6 is 23.1 Å². The Morgan fingerprint density at radius 3 is 2.96 bits per heavy atom. The van der Waals surface area contributed by atoms with E-state index in [0.717, 1.165) is 32.7 Å². The van der Waals surface area contributed by atoms with Crippen LogP contribution in [0.3, 0.4) is 0 Å². The topological polar surface area (TPSA) is 47.5 Å². The van der Waals surface area contributed by atoms with Crippen molar-refractivity contribution in [2.75, 3.05) is 0 Å². The van der Waals surface area contributed by atoms with Gasteiger partial charge in [-0.15, -0.1) is 10.2 Å². The first-order valence-electron chi connectivity index (χ1n) is 7.16. The van der Waals surface area contributed by atoms with Crippen LogP contribution in [0.15, 0.2) is 60.0 Å². The fourth-order valence-corrected chi connectivity index (χ4v) is 4.61. The monoisotopic (exact) mass is 337 g/mol. The Balaban J connectivity index is 1.54. The molecule has 0 fully saturated rings. The highest BCUT2D eigenvalue weighted by atomic mass is 32.2. The Kier molecular flexibility index (Phi) is 2.89. The molecule has 0 N–H and O–H groups in total. The van der Waals surface area contributed by atoms with Gasteiger partial charge in [-0.2, -0.15) is 0 Å². The fourth-order valence-electron chi connectivity index (χ4n) is 2.68. The molecule has 0 radical (unpaired) electrons. The molecule has 0 saturated carbocycles. The lowest BCUT2D eigenvalue weighted by Gasteiger charge is -2.01. The van der Waals surface area contributed by atoms with Crippen molar-refractivity contribution < 1.29 is 0 Å². The summed E-state index contributed by atoms with van der Waals surface area (Å²) >= 11 is 3.35. The molecule has 0 spiro atoms. The number of pyridine rings is 1. The number of aromatic nitrogens is 5. The van der Waals surface area contributed by atoms with Crippen LogP contribution in [0.2, 0.25) is 0 Å². The zero-order chi connectivity index (χ0) is 15.2. The van der Waals surface area contributed by atoms with E-state index in [1.165, 1.54) is 4.70 Å². The summed E-state index contributed by atoms with van der Waals surface area (Å²) < 4.78 is 5.47. The van der Waals surface area contributed by atoms with Crippen molar-refractivity contribution >= 4 is 43.9 Å². The molecule has 0 aliphatic rings. The molecule has 112 valence electrons. The van der Waals surface area contributed by atoms with E-state index >= 15 is 0 Å². The first-order valence-corrected chi connectivity index (χ1v) is 8.97. The normalized spacial score (nSPS) is 11.8. The van der Waals surface area contributed by atoms with Gasteiger partial charge in [0.15, 0.2) is 5.16 Å². The second-order valence-electron chi connectivity index (χ2n) is 5.14. The molecular weight excluding hydrogens is 326 g/mol. The summed E-state index contributed by atoms with van der Waals surface area (Å²) in [6, 6.07) is 14.4. The predicted molar refractivity (Wildman–Crippen MR) is 93.1 cm³/mol. The predicted octanol–water partition coefficient (Wildman–Crippen LogP) is 3.88. The molecule has 0 aliphatic carbocycles. The van der Waals surface area contributed by atoms with Crippen LogP contribution in [0.4, 0.5) is 0 Å². The van der Waals surface area contributed by atoms with Gasteiger partial charge in [-0.25, -0.2) is 4.98 Å². The van der Waals surface area contributed by atoms with E-state index < -0.39 is 0 Å². The van der Waals surface area contributed by atoms with Gasteiger partial charge in [-0.05, 0) is 24.3 Å². The number of benzene rings is 1. The van der Waals surface area contributed by atoms with Crippen molar-refractivity contribution in [2.24, 2.45) is 0 Å². The molecule has 5 nitrogen and oxygen atoms in total. The molecule has 5 aromatic rings.